The van der Waals surface area contributed by atoms with Crippen LogP contribution in [0.25, 0.3) is 0 Å². The zero-order chi connectivity index (χ0) is 15.6. The molecule has 0 saturated heterocycles. The Balaban J connectivity index is 2.62. The molecule has 112 valence electrons. The standard InChI is InChI=1S/C17H21FN2O/c1-5-14-11(2)19-17(21)16(20(3)4)15(14)10-12-7-6-8-13(18)9-12/h6-9H,5,10H2,1-4H3,(H,19,21). The molecule has 0 spiro atoms. The van der Waals surface area contributed by atoms with E-state index < -0.39 is 0 Å². The SMILES string of the molecule is CCc1c(C)[nH]c(=O)c(N(C)C)c1Cc1cccc(F)c1. The fourth-order valence-corrected chi connectivity index (χ4v) is 2.80. The average molecular weight is 288 g/mol. The van der Waals surface area contributed by atoms with E-state index in [4.69, 9.17) is 0 Å². The number of pyridine rings is 1. The first-order valence-corrected chi connectivity index (χ1v) is 7.10. The van der Waals surface area contributed by atoms with Crippen LogP contribution >= 0.6 is 0 Å². The first-order valence-electron chi connectivity index (χ1n) is 7.10. The minimum atomic E-state index is -0.251. The molecular formula is C17H21FN2O. The summed E-state index contributed by atoms with van der Waals surface area (Å²) in [6, 6.07) is 6.54. The van der Waals surface area contributed by atoms with E-state index in [1.54, 1.807) is 6.07 Å². The number of benzene rings is 1. The number of hydrogen-bond acceptors (Lipinski definition) is 2. The van der Waals surface area contributed by atoms with Gasteiger partial charge in [-0.3, -0.25) is 4.79 Å². The van der Waals surface area contributed by atoms with Crippen LogP contribution in [0.1, 0.15) is 29.3 Å². The Hall–Kier alpha value is -2.10. The molecule has 2 rings (SSSR count). The predicted octanol–water partition coefficient (Wildman–Crippen LogP) is 3.04. The van der Waals surface area contributed by atoms with Crippen LogP contribution in [-0.4, -0.2) is 19.1 Å². The van der Waals surface area contributed by atoms with Gasteiger partial charge < -0.3 is 9.88 Å². The maximum Gasteiger partial charge on any atom is 0.271 e. The Kier molecular flexibility index (Phi) is 4.46. The van der Waals surface area contributed by atoms with Crippen molar-refractivity contribution in [2.45, 2.75) is 26.7 Å². The fourth-order valence-electron chi connectivity index (χ4n) is 2.80. The van der Waals surface area contributed by atoms with Gasteiger partial charge in [-0.15, -0.1) is 0 Å². The summed E-state index contributed by atoms with van der Waals surface area (Å²) in [5.74, 6) is -0.251. The second-order valence-corrected chi connectivity index (χ2v) is 5.44. The van der Waals surface area contributed by atoms with Gasteiger partial charge >= 0.3 is 0 Å². The Morgan fingerprint density at radius 1 is 1.24 bits per heavy atom. The van der Waals surface area contributed by atoms with Crippen molar-refractivity contribution in [1.82, 2.24) is 4.98 Å². The van der Waals surface area contributed by atoms with Crippen molar-refractivity contribution in [2.75, 3.05) is 19.0 Å². The first-order chi connectivity index (χ1) is 9.93. The number of H-pyrrole nitrogens is 1. The van der Waals surface area contributed by atoms with Crippen LogP contribution in [0.2, 0.25) is 0 Å². The van der Waals surface area contributed by atoms with Crippen LogP contribution in [0.15, 0.2) is 29.1 Å². The average Bonchev–Trinajstić information content (AvgIpc) is 2.38. The second kappa shape index (κ2) is 6.12. The topological polar surface area (TPSA) is 36.1 Å². The molecule has 0 bridgehead atoms. The fraction of sp³-hybridized carbons (Fsp3) is 0.353. The van der Waals surface area contributed by atoms with Crippen LogP contribution in [0.4, 0.5) is 10.1 Å². The molecule has 21 heavy (non-hydrogen) atoms. The molecule has 4 heteroatoms. The van der Waals surface area contributed by atoms with Gasteiger partial charge in [-0.05, 0) is 42.2 Å². The van der Waals surface area contributed by atoms with E-state index in [9.17, 15) is 9.18 Å². The summed E-state index contributed by atoms with van der Waals surface area (Å²) >= 11 is 0. The molecule has 1 N–H and O–H groups in total. The van der Waals surface area contributed by atoms with Crippen molar-refractivity contribution >= 4 is 5.69 Å². The number of hydrogen-bond donors (Lipinski definition) is 1. The molecule has 0 radical (unpaired) electrons. The third kappa shape index (κ3) is 3.15. The van der Waals surface area contributed by atoms with Gasteiger partial charge in [0.2, 0.25) is 0 Å². The number of aromatic nitrogens is 1. The number of halogens is 1. The number of rotatable bonds is 4. The highest BCUT2D eigenvalue weighted by molar-refractivity contribution is 5.57. The van der Waals surface area contributed by atoms with Gasteiger partial charge in [-0.2, -0.15) is 0 Å². The van der Waals surface area contributed by atoms with Crippen LogP contribution in [0, 0.1) is 12.7 Å². The van der Waals surface area contributed by atoms with Crippen LogP contribution in [-0.2, 0) is 12.8 Å². The van der Waals surface area contributed by atoms with Crippen LogP contribution < -0.4 is 10.5 Å². The summed E-state index contributed by atoms with van der Waals surface area (Å²) in [5, 5.41) is 0. The van der Waals surface area contributed by atoms with Gasteiger partial charge in [0.05, 0.1) is 0 Å². The molecule has 3 nitrogen and oxygen atoms in total. The van der Waals surface area contributed by atoms with E-state index >= 15 is 0 Å². The van der Waals surface area contributed by atoms with E-state index in [-0.39, 0.29) is 11.4 Å². The van der Waals surface area contributed by atoms with Gasteiger partial charge in [0.1, 0.15) is 11.5 Å². The summed E-state index contributed by atoms with van der Waals surface area (Å²) in [7, 11) is 3.71. The Morgan fingerprint density at radius 3 is 2.52 bits per heavy atom. The molecule has 0 aliphatic rings. The lowest BCUT2D eigenvalue weighted by Crippen LogP contribution is -2.25. The zero-order valence-corrected chi connectivity index (χ0v) is 13.0. The third-order valence-electron chi connectivity index (χ3n) is 3.69. The Bertz CT molecular complexity index is 704. The summed E-state index contributed by atoms with van der Waals surface area (Å²) in [6.07, 6.45) is 1.38. The second-order valence-electron chi connectivity index (χ2n) is 5.44. The summed E-state index contributed by atoms with van der Waals surface area (Å²) in [4.78, 5) is 17.0. The van der Waals surface area contributed by atoms with Gasteiger partial charge in [-0.1, -0.05) is 19.1 Å². The molecule has 0 fully saturated rings. The zero-order valence-electron chi connectivity index (χ0n) is 13.0. The molecule has 0 aliphatic carbocycles. The van der Waals surface area contributed by atoms with E-state index in [1.807, 2.05) is 32.0 Å². The predicted molar refractivity (Wildman–Crippen MR) is 84.7 cm³/mol. The molecule has 0 atom stereocenters. The van der Waals surface area contributed by atoms with Crippen molar-refractivity contribution in [3.8, 4) is 0 Å². The highest BCUT2D eigenvalue weighted by Crippen LogP contribution is 2.24. The maximum absolute atomic E-state index is 13.4. The monoisotopic (exact) mass is 288 g/mol. The molecule has 0 aliphatic heterocycles. The molecule has 0 unspecified atom stereocenters. The molecule has 1 aromatic carbocycles. The van der Waals surface area contributed by atoms with Crippen LogP contribution in [0.3, 0.4) is 0 Å². The van der Waals surface area contributed by atoms with Crippen LogP contribution in [0.5, 0.6) is 0 Å². The highest BCUT2D eigenvalue weighted by atomic mass is 19.1. The van der Waals surface area contributed by atoms with E-state index in [2.05, 4.69) is 11.9 Å². The largest absolute Gasteiger partial charge is 0.373 e. The molecule has 0 saturated carbocycles. The quantitative estimate of drug-likeness (QED) is 0.938. The van der Waals surface area contributed by atoms with Crippen molar-refractivity contribution in [2.24, 2.45) is 0 Å². The summed E-state index contributed by atoms with van der Waals surface area (Å²) in [6.45, 7) is 3.98. The van der Waals surface area contributed by atoms with Crippen molar-refractivity contribution in [3.63, 3.8) is 0 Å². The van der Waals surface area contributed by atoms with E-state index in [0.29, 0.717) is 12.1 Å². The Labute approximate surface area is 124 Å². The van der Waals surface area contributed by atoms with Crippen molar-refractivity contribution < 1.29 is 4.39 Å². The summed E-state index contributed by atoms with van der Waals surface area (Å²) in [5.41, 5.74) is 4.43. The smallest absolute Gasteiger partial charge is 0.271 e. The van der Waals surface area contributed by atoms with Gasteiger partial charge in [-0.25, -0.2) is 4.39 Å². The lowest BCUT2D eigenvalue weighted by Gasteiger charge is -2.21. The lowest BCUT2D eigenvalue weighted by atomic mass is 9.95. The lowest BCUT2D eigenvalue weighted by molar-refractivity contribution is 0.626. The normalized spacial score (nSPS) is 10.7. The number of aromatic amines is 1. The molecule has 2 aromatic rings. The number of aryl methyl sites for hydroxylation is 1. The molecule has 1 aromatic heterocycles. The first kappa shape index (κ1) is 15.3. The van der Waals surface area contributed by atoms with Gasteiger partial charge in [0.25, 0.3) is 5.56 Å². The number of nitrogens with one attached hydrogen (secondary N) is 1. The number of nitrogens with zero attached hydrogens (tertiary/aromatic N) is 1. The molecule has 0 amide bonds. The van der Waals surface area contributed by atoms with Crippen molar-refractivity contribution in [3.05, 3.63) is 62.8 Å². The molecular weight excluding hydrogens is 267 g/mol. The van der Waals surface area contributed by atoms with Crippen molar-refractivity contribution in [1.29, 1.82) is 0 Å². The van der Waals surface area contributed by atoms with E-state index in [1.165, 1.54) is 12.1 Å². The maximum atomic E-state index is 13.4. The minimum absolute atomic E-state index is 0.0962. The minimum Gasteiger partial charge on any atom is -0.373 e. The Morgan fingerprint density at radius 2 is 1.95 bits per heavy atom. The van der Waals surface area contributed by atoms with Gasteiger partial charge in [0, 0.05) is 26.2 Å². The summed E-state index contributed by atoms with van der Waals surface area (Å²) < 4.78 is 13.4. The highest BCUT2D eigenvalue weighted by Gasteiger charge is 2.16. The third-order valence-corrected chi connectivity index (χ3v) is 3.69. The molecule has 1 heterocycles. The number of anilines is 1. The van der Waals surface area contributed by atoms with E-state index in [0.717, 1.165) is 28.8 Å². The van der Waals surface area contributed by atoms with Gasteiger partial charge in [0.15, 0.2) is 0 Å².